The molecular weight excluding hydrogens is 369 g/mol. The molecule has 3 aromatic carbocycles. The van der Waals surface area contributed by atoms with Crippen molar-refractivity contribution in [3.8, 4) is 16.9 Å². The average molecular weight is 383 g/mol. The average Bonchev–Trinajstić information content (AvgIpc) is 2.68. The van der Waals surface area contributed by atoms with Gasteiger partial charge in [0.1, 0.15) is 11.6 Å². The lowest BCUT2D eigenvalue weighted by Gasteiger charge is -2.30. The summed E-state index contributed by atoms with van der Waals surface area (Å²) in [4.78, 5) is 13.1. The van der Waals surface area contributed by atoms with Crippen molar-refractivity contribution < 1.29 is 22.3 Å². The largest absolute Gasteiger partial charge is 0.497 e. The normalized spacial score (nSPS) is 14.2. The molecule has 1 aliphatic rings. The van der Waals surface area contributed by atoms with Crippen LogP contribution in [0.15, 0.2) is 71.6 Å². The number of sulfonamides is 1. The van der Waals surface area contributed by atoms with E-state index in [0.29, 0.717) is 16.9 Å². The topological polar surface area (TPSA) is 63.7 Å². The predicted octanol–water partition coefficient (Wildman–Crippen LogP) is 3.85. The summed E-state index contributed by atoms with van der Waals surface area (Å²) in [5, 5.41) is 0. The highest BCUT2D eigenvalue weighted by atomic mass is 32.2. The van der Waals surface area contributed by atoms with Crippen molar-refractivity contribution in [3.63, 3.8) is 0 Å². The van der Waals surface area contributed by atoms with Gasteiger partial charge >= 0.3 is 0 Å². The minimum atomic E-state index is -4.12. The van der Waals surface area contributed by atoms with Crippen molar-refractivity contribution in [2.45, 2.75) is 4.90 Å². The zero-order valence-electron chi connectivity index (χ0n) is 14.2. The highest BCUT2D eigenvalue weighted by Crippen LogP contribution is 2.44. The van der Waals surface area contributed by atoms with E-state index in [2.05, 4.69) is 0 Å². The van der Waals surface area contributed by atoms with Gasteiger partial charge in [0.2, 0.25) is 0 Å². The summed E-state index contributed by atoms with van der Waals surface area (Å²) in [6.45, 7) is 0. The third kappa shape index (κ3) is 2.67. The smallest absolute Gasteiger partial charge is 0.272 e. The molecule has 0 bridgehead atoms. The number of fused-ring (bicyclic) bond motifs is 3. The molecule has 7 heteroatoms. The van der Waals surface area contributed by atoms with Crippen molar-refractivity contribution in [2.24, 2.45) is 0 Å². The second-order valence-corrected chi connectivity index (χ2v) is 7.72. The first-order chi connectivity index (χ1) is 12.9. The molecule has 0 saturated heterocycles. The minimum absolute atomic E-state index is 0.0289. The Bertz CT molecular complexity index is 1160. The molecule has 5 nitrogen and oxygen atoms in total. The number of halogens is 1. The third-order valence-corrected chi connectivity index (χ3v) is 6.15. The first-order valence-corrected chi connectivity index (χ1v) is 9.50. The van der Waals surface area contributed by atoms with Crippen LogP contribution in [0.5, 0.6) is 5.75 Å². The molecular formula is C20H14FNO4S. The van der Waals surface area contributed by atoms with E-state index in [-0.39, 0.29) is 16.1 Å². The lowest BCUT2D eigenvalue weighted by Crippen LogP contribution is -2.39. The summed E-state index contributed by atoms with van der Waals surface area (Å²) in [6.07, 6.45) is 0. The molecule has 0 atom stereocenters. The van der Waals surface area contributed by atoms with Gasteiger partial charge in [-0.15, -0.1) is 0 Å². The number of hydrogen-bond acceptors (Lipinski definition) is 4. The Morgan fingerprint density at radius 1 is 0.963 bits per heavy atom. The fourth-order valence-corrected chi connectivity index (χ4v) is 4.75. The van der Waals surface area contributed by atoms with E-state index in [4.69, 9.17) is 4.74 Å². The number of benzene rings is 3. The predicted molar refractivity (Wildman–Crippen MR) is 98.8 cm³/mol. The molecule has 0 radical (unpaired) electrons. The maximum atomic E-state index is 13.2. The van der Waals surface area contributed by atoms with Gasteiger partial charge in [0, 0.05) is 16.7 Å². The van der Waals surface area contributed by atoms with Gasteiger partial charge in [0.05, 0.1) is 17.7 Å². The van der Waals surface area contributed by atoms with E-state index in [1.807, 2.05) is 0 Å². The standard InChI is InChI=1S/C20H14FNO4S/c1-26-15-10-11-18-17(12-15)16-4-2-3-5-19(16)27(24,25)22(18)20(23)13-6-8-14(21)9-7-13/h2-12H,1H3. The van der Waals surface area contributed by atoms with Crippen molar-refractivity contribution >= 4 is 21.6 Å². The molecule has 1 heterocycles. The van der Waals surface area contributed by atoms with Gasteiger partial charge in [0.15, 0.2) is 0 Å². The molecule has 0 aliphatic carbocycles. The summed E-state index contributed by atoms with van der Waals surface area (Å²) in [5.41, 5.74) is 1.36. The fourth-order valence-electron chi connectivity index (χ4n) is 3.11. The van der Waals surface area contributed by atoms with E-state index in [1.54, 1.807) is 30.3 Å². The number of nitrogens with zero attached hydrogens (tertiary/aromatic N) is 1. The summed E-state index contributed by atoms with van der Waals surface area (Å²) in [5.74, 6) is -0.725. The van der Waals surface area contributed by atoms with Crippen LogP contribution in [-0.2, 0) is 10.0 Å². The number of carbonyl (C=O) groups is 1. The van der Waals surface area contributed by atoms with E-state index in [0.717, 1.165) is 16.4 Å². The Balaban J connectivity index is 1.97. The summed E-state index contributed by atoms with van der Waals surface area (Å²) in [7, 11) is -2.62. The maximum Gasteiger partial charge on any atom is 0.272 e. The maximum absolute atomic E-state index is 13.2. The van der Waals surface area contributed by atoms with Crippen LogP contribution in [0, 0.1) is 5.82 Å². The van der Waals surface area contributed by atoms with Gasteiger partial charge < -0.3 is 4.74 Å². The molecule has 0 unspecified atom stereocenters. The lowest BCUT2D eigenvalue weighted by atomic mass is 10.0. The second-order valence-electron chi connectivity index (χ2n) is 5.96. The van der Waals surface area contributed by atoms with Crippen LogP contribution in [0.3, 0.4) is 0 Å². The Labute approximate surface area is 155 Å². The Morgan fingerprint density at radius 3 is 2.37 bits per heavy atom. The number of hydrogen-bond donors (Lipinski definition) is 0. The number of methoxy groups -OCH3 is 1. The van der Waals surface area contributed by atoms with Crippen molar-refractivity contribution in [3.05, 3.63) is 78.1 Å². The third-order valence-electron chi connectivity index (χ3n) is 4.39. The molecule has 1 aliphatic heterocycles. The SMILES string of the molecule is COc1ccc2c(c1)-c1ccccc1S(=O)(=O)N2C(=O)c1ccc(F)cc1. The summed E-state index contributed by atoms with van der Waals surface area (Å²) >= 11 is 0. The molecule has 0 fully saturated rings. The molecule has 3 aromatic rings. The number of rotatable bonds is 2. The highest BCUT2D eigenvalue weighted by Gasteiger charge is 2.39. The summed E-state index contributed by atoms with van der Waals surface area (Å²) in [6, 6.07) is 16.0. The van der Waals surface area contributed by atoms with E-state index >= 15 is 0 Å². The van der Waals surface area contributed by atoms with Crippen LogP contribution in [0.2, 0.25) is 0 Å². The number of amides is 1. The molecule has 0 aromatic heterocycles. The van der Waals surface area contributed by atoms with Gasteiger partial charge in [-0.05, 0) is 48.5 Å². The van der Waals surface area contributed by atoms with E-state index in [9.17, 15) is 17.6 Å². The van der Waals surface area contributed by atoms with E-state index in [1.165, 1.54) is 31.4 Å². The first-order valence-electron chi connectivity index (χ1n) is 8.06. The van der Waals surface area contributed by atoms with Crippen LogP contribution in [0.4, 0.5) is 10.1 Å². The highest BCUT2D eigenvalue weighted by molar-refractivity contribution is 7.93. The van der Waals surface area contributed by atoms with Crippen molar-refractivity contribution in [1.29, 1.82) is 0 Å². The fraction of sp³-hybridized carbons (Fsp3) is 0.0500. The van der Waals surface area contributed by atoms with Crippen LogP contribution < -0.4 is 9.04 Å². The van der Waals surface area contributed by atoms with Gasteiger partial charge in [0.25, 0.3) is 15.9 Å². The second kappa shape index (κ2) is 6.21. The first kappa shape index (κ1) is 17.2. The van der Waals surface area contributed by atoms with Crippen molar-refractivity contribution in [1.82, 2.24) is 0 Å². The molecule has 1 amide bonds. The Hall–Kier alpha value is -3.19. The number of anilines is 1. The number of carbonyl (C=O) groups excluding carboxylic acids is 1. The van der Waals surface area contributed by atoms with Crippen LogP contribution in [0.25, 0.3) is 11.1 Å². The Morgan fingerprint density at radius 2 is 1.67 bits per heavy atom. The molecule has 27 heavy (non-hydrogen) atoms. The molecule has 0 spiro atoms. The lowest BCUT2D eigenvalue weighted by molar-refractivity contribution is 0.100. The van der Waals surface area contributed by atoms with Crippen LogP contribution in [-0.4, -0.2) is 21.4 Å². The zero-order valence-corrected chi connectivity index (χ0v) is 15.0. The molecule has 0 N–H and O–H groups in total. The quantitative estimate of drug-likeness (QED) is 0.674. The molecule has 0 saturated carbocycles. The molecule has 4 rings (SSSR count). The Kier molecular flexibility index (Phi) is 3.96. The van der Waals surface area contributed by atoms with Crippen molar-refractivity contribution in [2.75, 3.05) is 11.4 Å². The van der Waals surface area contributed by atoms with Crippen LogP contribution in [0.1, 0.15) is 10.4 Å². The summed E-state index contributed by atoms with van der Waals surface area (Å²) < 4.78 is 45.6. The van der Waals surface area contributed by atoms with Gasteiger partial charge in [-0.3, -0.25) is 4.79 Å². The van der Waals surface area contributed by atoms with Gasteiger partial charge in [-0.25, -0.2) is 12.8 Å². The van der Waals surface area contributed by atoms with Gasteiger partial charge in [-0.2, -0.15) is 4.31 Å². The molecule has 136 valence electrons. The minimum Gasteiger partial charge on any atom is -0.497 e. The van der Waals surface area contributed by atoms with Crippen LogP contribution >= 0.6 is 0 Å². The van der Waals surface area contributed by atoms with E-state index < -0.39 is 21.7 Å². The monoisotopic (exact) mass is 383 g/mol. The number of ether oxygens (including phenoxy) is 1. The zero-order chi connectivity index (χ0) is 19.2. The van der Waals surface area contributed by atoms with Gasteiger partial charge in [-0.1, -0.05) is 18.2 Å².